The predicted molar refractivity (Wildman–Crippen MR) is 57.2 cm³/mol. The quantitative estimate of drug-likeness (QED) is 0.741. The fourth-order valence-electron chi connectivity index (χ4n) is 1.15. The SMILES string of the molecule is O=c1ccc2cc(I)c(F)cc2[nH]1. The summed E-state index contributed by atoms with van der Waals surface area (Å²) in [6.07, 6.45) is 0. The number of pyridine rings is 1. The number of halogens is 2. The van der Waals surface area contributed by atoms with Crippen molar-refractivity contribution in [1.29, 1.82) is 0 Å². The Balaban J connectivity index is 2.89. The lowest BCUT2D eigenvalue weighted by atomic mass is 10.2. The van der Waals surface area contributed by atoms with Gasteiger partial charge in [0.2, 0.25) is 5.56 Å². The maximum atomic E-state index is 13.1. The molecular formula is C9H5FINO. The molecule has 2 nitrogen and oxygen atoms in total. The Kier molecular flexibility index (Phi) is 2.07. The lowest BCUT2D eigenvalue weighted by Gasteiger charge is -1.98. The maximum Gasteiger partial charge on any atom is 0.248 e. The van der Waals surface area contributed by atoms with Crippen molar-refractivity contribution >= 4 is 33.5 Å². The molecule has 1 heterocycles. The van der Waals surface area contributed by atoms with Crippen LogP contribution in [0.2, 0.25) is 0 Å². The monoisotopic (exact) mass is 289 g/mol. The summed E-state index contributed by atoms with van der Waals surface area (Å²) in [6.45, 7) is 0. The highest BCUT2D eigenvalue weighted by Gasteiger charge is 2.01. The van der Waals surface area contributed by atoms with Crippen LogP contribution in [0.3, 0.4) is 0 Å². The Morgan fingerprint density at radius 3 is 2.85 bits per heavy atom. The van der Waals surface area contributed by atoms with Gasteiger partial charge in [-0.15, -0.1) is 0 Å². The van der Waals surface area contributed by atoms with Crippen LogP contribution in [0.1, 0.15) is 0 Å². The van der Waals surface area contributed by atoms with Crippen LogP contribution in [-0.2, 0) is 0 Å². The van der Waals surface area contributed by atoms with Crippen LogP contribution >= 0.6 is 22.6 Å². The molecule has 0 saturated carbocycles. The predicted octanol–water partition coefficient (Wildman–Crippen LogP) is 2.27. The first-order valence-corrected chi connectivity index (χ1v) is 4.73. The van der Waals surface area contributed by atoms with Crippen LogP contribution in [-0.4, -0.2) is 4.98 Å². The zero-order valence-electron chi connectivity index (χ0n) is 6.47. The van der Waals surface area contributed by atoms with Crippen LogP contribution in [0.5, 0.6) is 0 Å². The summed E-state index contributed by atoms with van der Waals surface area (Å²) >= 11 is 1.91. The second-order valence-corrected chi connectivity index (χ2v) is 3.84. The fourth-order valence-corrected chi connectivity index (χ4v) is 1.64. The molecule has 0 amide bonds. The maximum absolute atomic E-state index is 13.1. The van der Waals surface area contributed by atoms with Gasteiger partial charge in [-0.3, -0.25) is 4.79 Å². The summed E-state index contributed by atoms with van der Waals surface area (Å²) in [4.78, 5) is 13.5. The van der Waals surface area contributed by atoms with E-state index in [4.69, 9.17) is 0 Å². The topological polar surface area (TPSA) is 32.9 Å². The molecule has 2 aromatic rings. The molecule has 13 heavy (non-hydrogen) atoms. The summed E-state index contributed by atoms with van der Waals surface area (Å²) in [5.41, 5.74) is 0.318. The number of rotatable bonds is 0. The van der Waals surface area contributed by atoms with Gasteiger partial charge in [-0.2, -0.15) is 0 Å². The molecule has 1 N–H and O–H groups in total. The number of aromatic nitrogens is 1. The average molecular weight is 289 g/mol. The van der Waals surface area contributed by atoms with E-state index in [1.54, 1.807) is 12.1 Å². The van der Waals surface area contributed by atoms with Gasteiger partial charge in [0.05, 0.1) is 5.52 Å². The molecule has 0 atom stereocenters. The zero-order chi connectivity index (χ0) is 9.42. The Morgan fingerprint density at radius 1 is 1.31 bits per heavy atom. The van der Waals surface area contributed by atoms with Crippen molar-refractivity contribution in [2.75, 3.05) is 0 Å². The molecule has 0 saturated heterocycles. The Labute approximate surface area is 86.9 Å². The molecule has 2 rings (SSSR count). The smallest absolute Gasteiger partial charge is 0.248 e. The van der Waals surface area contributed by atoms with Crippen molar-refractivity contribution in [3.63, 3.8) is 0 Å². The van der Waals surface area contributed by atoms with E-state index < -0.39 is 0 Å². The standard InChI is InChI=1S/C9H5FINO/c10-6-4-8-5(3-7(6)11)1-2-9(13)12-8/h1-4H,(H,12,13). The highest BCUT2D eigenvalue weighted by atomic mass is 127. The zero-order valence-corrected chi connectivity index (χ0v) is 8.63. The summed E-state index contributed by atoms with van der Waals surface area (Å²) in [5, 5.41) is 0.838. The third kappa shape index (κ3) is 1.58. The van der Waals surface area contributed by atoms with Crippen molar-refractivity contribution in [3.05, 3.63) is 44.0 Å². The Bertz CT molecular complexity index is 520. The molecule has 66 valence electrons. The number of aromatic amines is 1. The van der Waals surface area contributed by atoms with E-state index in [0.717, 1.165) is 5.39 Å². The van der Waals surface area contributed by atoms with Crippen LogP contribution in [0.25, 0.3) is 10.9 Å². The second kappa shape index (κ2) is 3.10. The van der Waals surface area contributed by atoms with E-state index >= 15 is 0 Å². The van der Waals surface area contributed by atoms with Gasteiger partial charge in [0, 0.05) is 9.64 Å². The molecule has 1 aromatic heterocycles. The summed E-state index contributed by atoms with van der Waals surface area (Å²) < 4.78 is 13.6. The minimum absolute atomic E-state index is 0.215. The first-order chi connectivity index (χ1) is 6.16. The summed E-state index contributed by atoms with van der Waals surface area (Å²) in [5.74, 6) is -0.310. The normalized spacial score (nSPS) is 10.6. The lowest BCUT2D eigenvalue weighted by molar-refractivity contribution is 0.622. The molecule has 0 bridgehead atoms. The van der Waals surface area contributed by atoms with Crippen molar-refractivity contribution in [3.8, 4) is 0 Å². The van der Waals surface area contributed by atoms with Crippen molar-refractivity contribution in [2.24, 2.45) is 0 Å². The van der Waals surface area contributed by atoms with Crippen LogP contribution in [0.15, 0.2) is 29.1 Å². The van der Waals surface area contributed by atoms with E-state index in [0.29, 0.717) is 9.09 Å². The molecular weight excluding hydrogens is 284 g/mol. The summed E-state index contributed by atoms with van der Waals surface area (Å²) in [6, 6.07) is 6.13. The van der Waals surface area contributed by atoms with Crippen LogP contribution < -0.4 is 5.56 Å². The molecule has 0 fully saturated rings. The van der Waals surface area contributed by atoms with Gasteiger partial charge in [-0.05, 0) is 46.2 Å². The van der Waals surface area contributed by atoms with Gasteiger partial charge in [0.1, 0.15) is 5.82 Å². The van der Waals surface area contributed by atoms with Gasteiger partial charge >= 0.3 is 0 Å². The highest BCUT2D eigenvalue weighted by molar-refractivity contribution is 14.1. The van der Waals surface area contributed by atoms with Crippen molar-refractivity contribution in [2.45, 2.75) is 0 Å². The first kappa shape index (κ1) is 8.68. The van der Waals surface area contributed by atoms with Crippen molar-refractivity contribution < 1.29 is 4.39 Å². The number of hydrogen-bond donors (Lipinski definition) is 1. The van der Waals surface area contributed by atoms with Gasteiger partial charge in [0.15, 0.2) is 0 Å². The molecule has 0 aliphatic carbocycles. The van der Waals surface area contributed by atoms with E-state index in [1.807, 2.05) is 22.6 Å². The van der Waals surface area contributed by atoms with Gasteiger partial charge in [0.25, 0.3) is 0 Å². The highest BCUT2D eigenvalue weighted by Crippen LogP contribution is 2.17. The minimum Gasteiger partial charge on any atom is -0.322 e. The minimum atomic E-state index is -0.310. The Hall–Kier alpha value is -0.910. The van der Waals surface area contributed by atoms with E-state index in [2.05, 4.69) is 4.98 Å². The summed E-state index contributed by atoms with van der Waals surface area (Å²) in [7, 11) is 0. The first-order valence-electron chi connectivity index (χ1n) is 3.65. The van der Waals surface area contributed by atoms with Crippen LogP contribution in [0.4, 0.5) is 4.39 Å². The molecule has 1 aromatic carbocycles. The van der Waals surface area contributed by atoms with Gasteiger partial charge in [-0.1, -0.05) is 0 Å². The lowest BCUT2D eigenvalue weighted by Crippen LogP contribution is -2.02. The number of nitrogens with one attached hydrogen (secondary N) is 1. The molecule has 0 aliphatic heterocycles. The van der Waals surface area contributed by atoms with E-state index in [-0.39, 0.29) is 11.4 Å². The third-order valence-corrected chi connectivity index (χ3v) is 2.59. The number of benzene rings is 1. The molecule has 0 radical (unpaired) electrons. The molecule has 0 unspecified atom stereocenters. The van der Waals surface area contributed by atoms with Gasteiger partial charge < -0.3 is 4.98 Å². The van der Waals surface area contributed by atoms with E-state index in [9.17, 15) is 9.18 Å². The average Bonchev–Trinajstić information content (AvgIpc) is 2.08. The number of H-pyrrole nitrogens is 1. The third-order valence-electron chi connectivity index (χ3n) is 1.76. The number of fused-ring (bicyclic) bond motifs is 1. The Morgan fingerprint density at radius 2 is 2.08 bits per heavy atom. The van der Waals surface area contributed by atoms with Crippen molar-refractivity contribution in [1.82, 2.24) is 4.98 Å². The molecule has 4 heteroatoms. The van der Waals surface area contributed by atoms with Crippen LogP contribution in [0, 0.1) is 9.39 Å². The fraction of sp³-hybridized carbons (Fsp3) is 0. The molecule has 0 aliphatic rings. The van der Waals surface area contributed by atoms with E-state index in [1.165, 1.54) is 12.1 Å². The largest absolute Gasteiger partial charge is 0.322 e. The van der Waals surface area contributed by atoms with Gasteiger partial charge in [-0.25, -0.2) is 4.39 Å². The molecule has 0 spiro atoms. The second-order valence-electron chi connectivity index (χ2n) is 2.68. The number of hydrogen-bond acceptors (Lipinski definition) is 1.